The number of halogens is 3. The highest BCUT2D eigenvalue weighted by atomic mass is 79.9. The Balaban J connectivity index is 2.26. The van der Waals surface area contributed by atoms with Crippen LogP contribution in [0.5, 0.6) is 0 Å². The van der Waals surface area contributed by atoms with Crippen LogP contribution >= 0.6 is 27.5 Å². The molecule has 0 saturated heterocycles. The zero-order valence-electron chi connectivity index (χ0n) is 9.29. The zero-order chi connectivity index (χ0) is 13.1. The minimum atomic E-state index is -0.306. The van der Waals surface area contributed by atoms with Gasteiger partial charge in [-0.25, -0.2) is 4.39 Å². The molecule has 0 saturated carbocycles. The van der Waals surface area contributed by atoms with E-state index in [1.165, 1.54) is 12.3 Å². The second-order valence-electron chi connectivity index (χ2n) is 3.81. The predicted molar refractivity (Wildman–Crippen MR) is 71.6 cm³/mol. The van der Waals surface area contributed by atoms with Gasteiger partial charge in [0.2, 0.25) is 0 Å². The lowest BCUT2D eigenvalue weighted by molar-refractivity contribution is 0.514. The van der Waals surface area contributed by atoms with Crippen LogP contribution in [0, 0.1) is 5.82 Å². The van der Waals surface area contributed by atoms with Crippen molar-refractivity contribution >= 4 is 27.5 Å². The van der Waals surface area contributed by atoms with Crippen molar-refractivity contribution in [3.8, 4) is 0 Å². The second-order valence-corrected chi connectivity index (χ2v) is 5.07. The van der Waals surface area contributed by atoms with Crippen molar-refractivity contribution in [2.45, 2.75) is 12.5 Å². The minimum absolute atomic E-state index is 0.258. The zero-order valence-corrected chi connectivity index (χ0v) is 11.6. The molecular weight excluding hydrogens is 322 g/mol. The molecule has 0 amide bonds. The van der Waals surface area contributed by atoms with E-state index in [2.05, 4.69) is 21.4 Å². The molecule has 1 heterocycles. The van der Waals surface area contributed by atoms with Crippen LogP contribution in [0.25, 0.3) is 0 Å². The van der Waals surface area contributed by atoms with Gasteiger partial charge in [-0.05, 0) is 47.9 Å². The molecule has 0 spiro atoms. The maximum Gasteiger partial charge on any atom is 0.197 e. The molecule has 1 aromatic carbocycles. The van der Waals surface area contributed by atoms with Crippen molar-refractivity contribution in [2.75, 3.05) is 0 Å². The van der Waals surface area contributed by atoms with Gasteiger partial charge < -0.3 is 4.42 Å². The first-order valence-corrected chi connectivity index (χ1v) is 6.42. The summed E-state index contributed by atoms with van der Waals surface area (Å²) in [7, 11) is 0. The predicted octanol–water partition coefficient (Wildman–Crippen LogP) is 3.58. The second kappa shape index (κ2) is 5.84. The van der Waals surface area contributed by atoms with Crippen LogP contribution in [0.3, 0.4) is 0 Å². The van der Waals surface area contributed by atoms with Crippen molar-refractivity contribution in [3.05, 3.63) is 57.2 Å². The Morgan fingerprint density at radius 2 is 2.22 bits per heavy atom. The van der Waals surface area contributed by atoms with E-state index >= 15 is 0 Å². The van der Waals surface area contributed by atoms with Crippen LogP contribution in [-0.2, 0) is 6.42 Å². The Bertz CT molecular complexity index is 547. The Kier molecular flexibility index (Phi) is 4.40. The van der Waals surface area contributed by atoms with Gasteiger partial charge in [0.25, 0.3) is 0 Å². The summed E-state index contributed by atoms with van der Waals surface area (Å²) < 4.78 is 19.5. The molecule has 0 aliphatic carbocycles. The fourth-order valence-electron chi connectivity index (χ4n) is 1.73. The Labute approximate surface area is 117 Å². The third kappa shape index (κ3) is 2.92. The number of nitrogens with one attached hydrogen (secondary N) is 1. The normalized spacial score (nSPS) is 12.7. The first-order valence-electron chi connectivity index (χ1n) is 5.24. The summed E-state index contributed by atoms with van der Waals surface area (Å²) in [6.07, 6.45) is 1.85. The van der Waals surface area contributed by atoms with Crippen LogP contribution < -0.4 is 11.3 Å². The van der Waals surface area contributed by atoms with Gasteiger partial charge in [0.15, 0.2) is 5.22 Å². The largest absolute Gasteiger partial charge is 0.453 e. The molecule has 2 rings (SSSR count). The molecule has 0 radical (unpaired) electrons. The summed E-state index contributed by atoms with van der Waals surface area (Å²) in [6.45, 7) is 0. The summed E-state index contributed by atoms with van der Waals surface area (Å²) in [5, 5.41) is 0.258. The Morgan fingerprint density at radius 1 is 1.44 bits per heavy atom. The summed E-state index contributed by atoms with van der Waals surface area (Å²) in [4.78, 5) is 0. The molecule has 1 unspecified atom stereocenters. The number of hydrogen-bond acceptors (Lipinski definition) is 3. The number of hydrogen-bond donors (Lipinski definition) is 2. The topological polar surface area (TPSA) is 51.2 Å². The molecule has 6 heteroatoms. The molecule has 2 aromatic rings. The number of nitrogens with two attached hydrogens (primary N) is 1. The van der Waals surface area contributed by atoms with Crippen LogP contribution in [0.15, 0.2) is 39.4 Å². The van der Waals surface area contributed by atoms with Gasteiger partial charge in [-0.1, -0.05) is 15.9 Å². The van der Waals surface area contributed by atoms with Gasteiger partial charge in [-0.15, -0.1) is 0 Å². The highest BCUT2D eigenvalue weighted by Crippen LogP contribution is 2.27. The van der Waals surface area contributed by atoms with E-state index in [0.29, 0.717) is 17.5 Å². The number of hydrazine groups is 1. The fourth-order valence-corrected chi connectivity index (χ4v) is 2.39. The first kappa shape index (κ1) is 13.5. The van der Waals surface area contributed by atoms with Crippen LogP contribution in [-0.4, -0.2) is 0 Å². The molecule has 1 aromatic heterocycles. The maximum atomic E-state index is 13.7. The quantitative estimate of drug-likeness (QED) is 0.664. The van der Waals surface area contributed by atoms with Gasteiger partial charge in [0.05, 0.1) is 12.3 Å². The minimum Gasteiger partial charge on any atom is -0.453 e. The molecule has 18 heavy (non-hydrogen) atoms. The number of rotatable bonds is 4. The molecule has 0 fully saturated rings. The standard InChI is InChI=1S/C12H11BrClFN2O/c13-8-1-2-10(15)7(5-8)6-11(17-16)9-3-4-18-12(9)14/h1-5,11,17H,6,16H2. The SMILES string of the molecule is NNC(Cc1cc(Br)ccc1F)c1ccoc1Cl. The van der Waals surface area contributed by atoms with E-state index in [0.717, 1.165) is 4.47 Å². The van der Waals surface area contributed by atoms with Gasteiger partial charge >= 0.3 is 0 Å². The van der Waals surface area contributed by atoms with Crippen molar-refractivity contribution in [1.82, 2.24) is 5.43 Å². The van der Waals surface area contributed by atoms with E-state index in [1.807, 2.05) is 0 Å². The van der Waals surface area contributed by atoms with Crippen molar-refractivity contribution in [3.63, 3.8) is 0 Å². The van der Waals surface area contributed by atoms with E-state index in [1.54, 1.807) is 18.2 Å². The molecule has 0 aliphatic rings. The average Bonchev–Trinajstić information content (AvgIpc) is 2.77. The molecule has 96 valence electrons. The van der Waals surface area contributed by atoms with E-state index in [-0.39, 0.29) is 17.1 Å². The monoisotopic (exact) mass is 332 g/mol. The van der Waals surface area contributed by atoms with Crippen LogP contribution in [0.4, 0.5) is 4.39 Å². The third-order valence-corrected chi connectivity index (χ3v) is 3.46. The smallest absolute Gasteiger partial charge is 0.197 e. The average molecular weight is 334 g/mol. The lowest BCUT2D eigenvalue weighted by Gasteiger charge is -2.15. The van der Waals surface area contributed by atoms with Crippen molar-refractivity contribution in [1.29, 1.82) is 0 Å². The molecule has 3 nitrogen and oxygen atoms in total. The van der Waals surface area contributed by atoms with Crippen LogP contribution in [0.2, 0.25) is 5.22 Å². The van der Waals surface area contributed by atoms with Gasteiger partial charge in [-0.2, -0.15) is 0 Å². The molecule has 0 aliphatic heterocycles. The maximum absolute atomic E-state index is 13.7. The summed E-state index contributed by atoms with van der Waals surface area (Å²) >= 11 is 9.19. The van der Waals surface area contributed by atoms with Crippen LogP contribution in [0.1, 0.15) is 17.2 Å². The van der Waals surface area contributed by atoms with Crippen molar-refractivity contribution in [2.24, 2.45) is 5.84 Å². The summed E-state index contributed by atoms with van der Waals surface area (Å²) in [5.74, 6) is 5.20. The van der Waals surface area contributed by atoms with E-state index < -0.39 is 0 Å². The van der Waals surface area contributed by atoms with Gasteiger partial charge in [0.1, 0.15) is 5.82 Å². The Morgan fingerprint density at radius 3 is 2.83 bits per heavy atom. The molecule has 3 N–H and O–H groups in total. The molecule has 0 bridgehead atoms. The number of benzene rings is 1. The van der Waals surface area contributed by atoms with Crippen molar-refractivity contribution < 1.29 is 8.81 Å². The van der Waals surface area contributed by atoms with E-state index in [4.69, 9.17) is 21.9 Å². The first-order chi connectivity index (χ1) is 8.61. The molecular formula is C12H11BrClFN2O. The highest BCUT2D eigenvalue weighted by Gasteiger charge is 2.18. The fraction of sp³-hybridized carbons (Fsp3) is 0.167. The lowest BCUT2D eigenvalue weighted by atomic mass is 10.0. The summed E-state index contributed by atoms with van der Waals surface area (Å²) in [6, 6.07) is 6.18. The van der Waals surface area contributed by atoms with Gasteiger partial charge in [0, 0.05) is 10.0 Å². The van der Waals surface area contributed by atoms with E-state index in [9.17, 15) is 4.39 Å². The lowest BCUT2D eigenvalue weighted by Crippen LogP contribution is -2.29. The Hall–Kier alpha value is -0.880. The van der Waals surface area contributed by atoms with Gasteiger partial charge in [-0.3, -0.25) is 11.3 Å². The molecule has 1 atom stereocenters. The number of furan rings is 1. The summed E-state index contributed by atoms with van der Waals surface area (Å²) in [5.41, 5.74) is 3.87. The third-order valence-electron chi connectivity index (χ3n) is 2.65. The highest BCUT2D eigenvalue weighted by molar-refractivity contribution is 9.10.